The summed E-state index contributed by atoms with van der Waals surface area (Å²) in [5, 5.41) is 0. The largest absolute Gasteiger partial charge is 0.398 e. The molecule has 0 bridgehead atoms. The molecular formula is C11H15N. The van der Waals surface area contributed by atoms with E-state index in [9.17, 15) is 0 Å². The summed E-state index contributed by atoms with van der Waals surface area (Å²) in [5.41, 5.74) is 8.91. The molecule has 0 aromatic heterocycles. The highest BCUT2D eigenvalue weighted by Gasteiger charge is 1.96. The Labute approximate surface area is 73.9 Å². The molecule has 0 atom stereocenters. The van der Waals surface area contributed by atoms with E-state index < -0.39 is 0 Å². The van der Waals surface area contributed by atoms with Gasteiger partial charge in [-0.2, -0.15) is 0 Å². The summed E-state index contributed by atoms with van der Waals surface area (Å²) >= 11 is 0. The number of aryl methyl sites for hydroxylation is 1. The molecule has 1 aromatic rings. The Hall–Kier alpha value is -1.24. The monoisotopic (exact) mass is 161 g/mol. The molecule has 0 fully saturated rings. The molecule has 0 saturated carbocycles. The van der Waals surface area contributed by atoms with Gasteiger partial charge in [-0.3, -0.25) is 0 Å². The Morgan fingerprint density at radius 1 is 1.50 bits per heavy atom. The van der Waals surface area contributed by atoms with Crippen LogP contribution in [0.4, 0.5) is 5.69 Å². The average molecular weight is 161 g/mol. The van der Waals surface area contributed by atoms with Gasteiger partial charge >= 0.3 is 0 Å². The molecule has 0 aliphatic rings. The second kappa shape index (κ2) is 3.96. The summed E-state index contributed by atoms with van der Waals surface area (Å²) in [7, 11) is 0. The van der Waals surface area contributed by atoms with E-state index in [1.54, 1.807) is 6.08 Å². The Morgan fingerprint density at radius 3 is 2.83 bits per heavy atom. The number of nitrogens with two attached hydrogens (primary N) is 1. The minimum absolute atomic E-state index is 0.810. The van der Waals surface area contributed by atoms with Crippen LogP contribution in [0.2, 0.25) is 0 Å². The number of benzene rings is 1. The number of hydrogen-bond acceptors (Lipinski definition) is 1. The molecule has 0 spiro atoms. The topological polar surface area (TPSA) is 26.0 Å². The van der Waals surface area contributed by atoms with Gasteiger partial charge in [0.2, 0.25) is 0 Å². The van der Waals surface area contributed by atoms with E-state index in [0.29, 0.717) is 0 Å². The zero-order valence-electron chi connectivity index (χ0n) is 7.51. The Kier molecular flexibility index (Phi) is 2.92. The van der Waals surface area contributed by atoms with Gasteiger partial charge < -0.3 is 5.73 Å². The van der Waals surface area contributed by atoms with E-state index >= 15 is 0 Å². The van der Waals surface area contributed by atoms with Gasteiger partial charge in [0, 0.05) is 5.69 Å². The number of rotatable bonds is 3. The van der Waals surface area contributed by atoms with E-state index in [1.807, 2.05) is 6.07 Å². The van der Waals surface area contributed by atoms with E-state index in [0.717, 1.165) is 17.7 Å². The SMILES string of the molecule is C=Cc1cc(CCC)ccc1N. The van der Waals surface area contributed by atoms with E-state index in [2.05, 4.69) is 25.6 Å². The van der Waals surface area contributed by atoms with Gasteiger partial charge in [-0.05, 0) is 29.7 Å². The Morgan fingerprint density at radius 2 is 2.25 bits per heavy atom. The van der Waals surface area contributed by atoms with Gasteiger partial charge in [0.25, 0.3) is 0 Å². The van der Waals surface area contributed by atoms with Crippen LogP contribution in [0, 0.1) is 0 Å². The highest BCUT2D eigenvalue weighted by molar-refractivity contribution is 5.64. The summed E-state index contributed by atoms with van der Waals surface area (Å²) in [6, 6.07) is 6.12. The third kappa shape index (κ3) is 1.88. The molecule has 0 radical (unpaired) electrons. The molecule has 0 aliphatic heterocycles. The number of anilines is 1. The minimum Gasteiger partial charge on any atom is -0.398 e. The predicted octanol–water partition coefficient (Wildman–Crippen LogP) is 2.86. The molecule has 1 aromatic carbocycles. The van der Waals surface area contributed by atoms with E-state index in [-0.39, 0.29) is 0 Å². The molecule has 0 unspecified atom stereocenters. The number of hydrogen-bond donors (Lipinski definition) is 1. The zero-order valence-corrected chi connectivity index (χ0v) is 7.51. The van der Waals surface area contributed by atoms with Crippen molar-refractivity contribution in [1.29, 1.82) is 0 Å². The lowest BCUT2D eigenvalue weighted by Gasteiger charge is -2.03. The van der Waals surface area contributed by atoms with Gasteiger partial charge in [0.15, 0.2) is 0 Å². The number of nitrogen functional groups attached to an aromatic ring is 1. The average Bonchev–Trinajstić information content (AvgIpc) is 2.09. The second-order valence-corrected chi connectivity index (χ2v) is 2.92. The first-order chi connectivity index (χ1) is 5.77. The van der Waals surface area contributed by atoms with Gasteiger partial charge in [0.05, 0.1) is 0 Å². The van der Waals surface area contributed by atoms with Crippen LogP contribution >= 0.6 is 0 Å². The fourth-order valence-corrected chi connectivity index (χ4v) is 1.25. The van der Waals surface area contributed by atoms with Crippen molar-refractivity contribution in [2.45, 2.75) is 19.8 Å². The molecule has 1 nitrogen and oxygen atoms in total. The maximum absolute atomic E-state index is 5.72. The van der Waals surface area contributed by atoms with Gasteiger partial charge in [-0.1, -0.05) is 32.1 Å². The molecule has 2 N–H and O–H groups in total. The van der Waals surface area contributed by atoms with Gasteiger partial charge in [-0.15, -0.1) is 0 Å². The fraction of sp³-hybridized carbons (Fsp3) is 0.273. The van der Waals surface area contributed by atoms with Gasteiger partial charge in [-0.25, -0.2) is 0 Å². The lowest BCUT2D eigenvalue weighted by molar-refractivity contribution is 0.922. The van der Waals surface area contributed by atoms with Gasteiger partial charge in [0.1, 0.15) is 0 Å². The molecule has 12 heavy (non-hydrogen) atoms. The molecule has 1 heteroatoms. The standard InChI is InChI=1S/C11H15N/c1-3-5-9-6-7-11(12)10(4-2)8-9/h4,6-8H,2-3,5,12H2,1H3. The lowest BCUT2D eigenvalue weighted by Crippen LogP contribution is -1.91. The summed E-state index contributed by atoms with van der Waals surface area (Å²) < 4.78 is 0. The lowest BCUT2D eigenvalue weighted by atomic mass is 10.1. The maximum atomic E-state index is 5.72. The van der Waals surface area contributed by atoms with Crippen LogP contribution in [0.3, 0.4) is 0 Å². The Balaban J connectivity index is 2.96. The zero-order chi connectivity index (χ0) is 8.97. The normalized spacial score (nSPS) is 9.75. The highest BCUT2D eigenvalue weighted by atomic mass is 14.5. The summed E-state index contributed by atoms with van der Waals surface area (Å²) in [6.45, 7) is 5.88. The van der Waals surface area contributed by atoms with Crippen LogP contribution in [0.25, 0.3) is 6.08 Å². The van der Waals surface area contributed by atoms with Crippen LogP contribution in [0.15, 0.2) is 24.8 Å². The molecule has 64 valence electrons. The summed E-state index contributed by atoms with van der Waals surface area (Å²) in [6.07, 6.45) is 4.08. The van der Waals surface area contributed by atoms with Crippen molar-refractivity contribution in [1.82, 2.24) is 0 Å². The molecule has 0 amide bonds. The molecule has 0 saturated heterocycles. The summed E-state index contributed by atoms with van der Waals surface area (Å²) in [5.74, 6) is 0. The third-order valence-electron chi connectivity index (χ3n) is 1.91. The van der Waals surface area contributed by atoms with Crippen LogP contribution in [-0.2, 0) is 6.42 Å². The predicted molar refractivity (Wildman–Crippen MR) is 54.9 cm³/mol. The van der Waals surface area contributed by atoms with Crippen molar-refractivity contribution in [3.8, 4) is 0 Å². The first-order valence-electron chi connectivity index (χ1n) is 4.28. The minimum atomic E-state index is 0.810. The van der Waals surface area contributed by atoms with Crippen LogP contribution in [-0.4, -0.2) is 0 Å². The van der Waals surface area contributed by atoms with Crippen molar-refractivity contribution in [2.75, 3.05) is 5.73 Å². The first-order valence-corrected chi connectivity index (χ1v) is 4.28. The van der Waals surface area contributed by atoms with Crippen LogP contribution in [0.5, 0.6) is 0 Å². The highest BCUT2D eigenvalue weighted by Crippen LogP contribution is 2.16. The van der Waals surface area contributed by atoms with E-state index in [1.165, 1.54) is 12.0 Å². The van der Waals surface area contributed by atoms with Crippen LogP contribution < -0.4 is 5.73 Å². The maximum Gasteiger partial charge on any atom is 0.0387 e. The first kappa shape index (κ1) is 8.85. The van der Waals surface area contributed by atoms with Crippen molar-refractivity contribution < 1.29 is 0 Å². The quantitative estimate of drug-likeness (QED) is 0.678. The third-order valence-corrected chi connectivity index (χ3v) is 1.91. The summed E-state index contributed by atoms with van der Waals surface area (Å²) in [4.78, 5) is 0. The van der Waals surface area contributed by atoms with Crippen molar-refractivity contribution in [3.63, 3.8) is 0 Å². The van der Waals surface area contributed by atoms with Crippen molar-refractivity contribution in [2.24, 2.45) is 0 Å². The van der Waals surface area contributed by atoms with E-state index in [4.69, 9.17) is 5.73 Å². The molecule has 0 aliphatic carbocycles. The molecule has 1 rings (SSSR count). The molecule has 0 heterocycles. The fourth-order valence-electron chi connectivity index (χ4n) is 1.25. The Bertz CT molecular complexity index is 276. The van der Waals surface area contributed by atoms with Crippen LogP contribution in [0.1, 0.15) is 24.5 Å². The van der Waals surface area contributed by atoms with Crippen molar-refractivity contribution >= 4 is 11.8 Å². The van der Waals surface area contributed by atoms with Crippen molar-refractivity contribution in [3.05, 3.63) is 35.9 Å². The molecular weight excluding hydrogens is 146 g/mol. The second-order valence-electron chi connectivity index (χ2n) is 2.92. The smallest absolute Gasteiger partial charge is 0.0387 e.